The van der Waals surface area contributed by atoms with Crippen molar-refractivity contribution in [1.29, 1.82) is 0 Å². The Morgan fingerprint density at radius 1 is 0.909 bits per heavy atom. The van der Waals surface area contributed by atoms with Crippen molar-refractivity contribution >= 4 is 35.2 Å². The first-order valence-electron chi connectivity index (χ1n) is 21.3. The second-order valence-electron chi connectivity index (χ2n) is 18.8. The highest BCUT2D eigenvalue weighted by molar-refractivity contribution is 6.38. The number of urea groups is 1. The summed E-state index contributed by atoms with van der Waals surface area (Å²) in [5.41, 5.74) is 0.612. The number of nitrogens with zero attached hydrogens (tertiary/aromatic N) is 1. The maximum atomic E-state index is 14.8. The minimum absolute atomic E-state index is 0.00603. The number of hydrogen-bond donors (Lipinski definition) is 3. The maximum Gasteiger partial charge on any atom is 0.315 e. The van der Waals surface area contributed by atoms with Gasteiger partial charge in [0.1, 0.15) is 6.04 Å². The van der Waals surface area contributed by atoms with Gasteiger partial charge in [-0.1, -0.05) is 69.5 Å². The SMILES string of the molecule is C=CCCC(CC(=O)[C@@H]1[C@@H]2[C@H](CN1C(=O)[C@@H](NC(=O)NC13CC4CC(CC(C4)C1)C3)C1CCCCC1)C2(C)C)C(=O)C(=O)CCC(=O)NCc1ccccc1. The van der Waals surface area contributed by atoms with E-state index < -0.39 is 29.6 Å². The second kappa shape index (κ2) is 16.3. The summed E-state index contributed by atoms with van der Waals surface area (Å²) in [5.74, 6) is -0.754. The zero-order valence-corrected chi connectivity index (χ0v) is 33.0. The Labute approximate surface area is 326 Å². The van der Waals surface area contributed by atoms with Crippen LogP contribution in [0, 0.1) is 46.8 Å². The predicted octanol–water partition coefficient (Wildman–Crippen LogP) is 6.46. The van der Waals surface area contributed by atoms with Crippen LogP contribution in [0.25, 0.3) is 0 Å². The lowest BCUT2D eigenvalue weighted by Crippen LogP contribution is -2.64. The summed E-state index contributed by atoms with van der Waals surface area (Å²) < 4.78 is 0. The van der Waals surface area contributed by atoms with Gasteiger partial charge in [0.25, 0.3) is 0 Å². The quantitative estimate of drug-likeness (QED) is 0.123. The number of carbonyl (C=O) groups is 6. The van der Waals surface area contributed by atoms with Gasteiger partial charge < -0.3 is 20.9 Å². The van der Waals surface area contributed by atoms with Gasteiger partial charge in [0.15, 0.2) is 11.6 Å². The molecule has 10 heteroatoms. The number of piperidine rings is 1. The third-order valence-electron chi connectivity index (χ3n) is 14.6. The Bertz CT molecular complexity index is 1610. The molecule has 7 aliphatic rings. The number of benzene rings is 1. The van der Waals surface area contributed by atoms with Crippen LogP contribution >= 0.6 is 0 Å². The van der Waals surface area contributed by atoms with Crippen LogP contribution in [0.15, 0.2) is 43.0 Å². The van der Waals surface area contributed by atoms with Crippen LogP contribution in [-0.4, -0.2) is 64.3 Å². The third kappa shape index (κ3) is 8.63. The van der Waals surface area contributed by atoms with Gasteiger partial charge in [-0.25, -0.2) is 4.79 Å². The van der Waals surface area contributed by atoms with Gasteiger partial charge in [-0.3, -0.25) is 24.0 Å². The number of ketones is 3. The summed E-state index contributed by atoms with van der Waals surface area (Å²) in [6.07, 6.45) is 13.6. The molecule has 1 aromatic carbocycles. The first-order chi connectivity index (χ1) is 26.4. The highest BCUT2D eigenvalue weighted by Gasteiger charge is 2.69. The van der Waals surface area contributed by atoms with Crippen LogP contribution in [0.3, 0.4) is 0 Å². The van der Waals surface area contributed by atoms with Gasteiger partial charge in [-0.2, -0.15) is 0 Å². The fourth-order valence-electron chi connectivity index (χ4n) is 12.1. The topological polar surface area (TPSA) is 142 Å². The third-order valence-corrected chi connectivity index (χ3v) is 14.6. The van der Waals surface area contributed by atoms with Crippen LogP contribution in [0.5, 0.6) is 0 Å². The fourth-order valence-corrected chi connectivity index (χ4v) is 12.1. The molecule has 55 heavy (non-hydrogen) atoms. The molecular weight excluding hydrogens is 693 g/mol. The van der Waals surface area contributed by atoms with E-state index in [-0.39, 0.29) is 78.0 Å². The number of nitrogens with one attached hydrogen (secondary N) is 3. The monoisotopic (exact) mass is 754 g/mol. The summed E-state index contributed by atoms with van der Waals surface area (Å²) in [5, 5.41) is 9.41. The lowest BCUT2D eigenvalue weighted by atomic mass is 9.53. The fraction of sp³-hybridized carbons (Fsp3) is 0.689. The minimum atomic E-state index is -0.860. The Hall–Kier alpha value is -3.82. The molecule has 1 unspecified atom stereocenters. The number of rotatable bonds is 17. The van der Waals surface area contributed by atoms with Crippen LogP contribution in [0.2, 0.25) is 0 Å². The Balaban J connectivity index is 1.02. The van der Waals surface area contributed by atoms with E-state index in [4.69, 9.17) is 0 Å². The molecular formula is C45H62N4O6. The van der Waals surface area contributed by atoms with Crippen molar-refractivity contribution in [1.82, 2.24) is 20.9 Å². The molecule has 5 atom stereocenters. The van der Waals surface area contributed by atoms with Crippen LogP contribution in [0.4, 0.5) is 4.79 Å². The van der Waals surface area contributed by atoms with Crippen molar-refractivity contribution in [2.75, 3.05) is 6.54 Å². The molecule has 0 radical (unpaired) electrons. The Morgan fingerprint density at radius 3 is 2.20 bits per heavy atom. The predicted molar refractivity (Wildman–Crippen MR) is 209 cm³/mol. The van der Waals surface area contributed by atoms with Gasteiger partial charge in [0.05, 0.1) is 6.04 Å². The number of likely N-dealkylation sites (tertiary alicyclic amines) is 1. The van der Waals surface area contributed by atoms with E-state index in [9.17, 15) is 28.8 Å². The van der Waals surface area contributed by atoms with Crippen molar-refractivity contribution in [2.24, 2.45) is 46.8 Å². The molecule has 7 fully saturated rings. The summed E-state index contributed by atoms with van der Waals surface area (Å²) in [4.78, 5) is 84.2. The molecule has 10 nitrogen and oxygen atoms in total. The van der Waals surface area contributed by atoms with Crippen LogP contribution in [-0.2, 0) is 30.5 Å². The number of carbonyl (C=O) groups excluding carboxylic acids is 6. The summed E-state index contributed by atoms with van der Waals surface area (Å²) in [7, 11) is 0. The molecule has 6 aliphatic carbocycles. The van der Waals surface area contributed by atoms with Gasteiger partial charge in [0.2, 0.25) is 17.6 Å². The second-order valence-corrected chi connectivity index (χ2v) is 18.8. The molecule has 298 valence electrons. The molecule has 1 heterocycles. The molecule has 1 aliphatic heterocycles. The molecule has 0 spiro atoms. The lowest BCUT2D eigenvalue weighted by molar-refractivity contribution is -0.144. The smallest absolute Gasteiger partial charge is 0.315 e. The standard InChI is InChI=1S/C45H62N4O6/c1-4-5-14-33(41(53)35(50)17-18-37(52)46-26-28-12-8-6-9-13-28)22-36(51)40-38-34(44(38,2)3)27-49(40)42(54)39(32-15-10-7-11-16-32)47-43(55)48-45-23-29-19-30(24-45)21-31(20-29)25-45/h4,6,8-9,12-13,29-34,38-40H,1,5,7,10-11,14-27H2,2-3H3,(H,46,52)(H2,47,48,55)/t29?,30?,31?,33?,34-,38-,39-,40+,45?/m0/s1. The number of hydrogen-bond acceptors (Lipinski definition) is 6. The van der Waals surface area contributed by atoms with E-state index in [1.807, 2.05) is 30.3 Å². The van der Waals surface area contributed by atoms with Crippen molar-refractivity contribution in [3.63, 3.8) is 0 Å². The zero-order chi connectivity index (χ0) is 38.9. The molecule has 3 N–H and O–H groups in total. The van der Waals surface area contributed by atoms with Gasteiger partial charge in [-0.15, -0.1) is 6.58 Å². The molecule has 6 saturated carbocycles. The van der Waals surface area contributed by atoms with E-state index >= 15 is 0 Å². The number of fused-ring (bicyclic) bond motifs is 1. The number of amides is 4. The Kier molecular flexibility index (Phi) is 11.7. The normalized spacial score (nSPS) is 31.1. The minimum Gasteiger partial charge on any atom is -0.352 e. The first kappa shape index (κ1) is 39.4. The highest BCUT2D eigenvalue weighted by atomic mass is 16.2. The van der Waals surface area contributed by atoms with Gasteiger partial charge in [-0.05, 0) is 111 Å². The molecule has 4 amide bonds. The lowest BCUT2D eigenvalue weighted by Gasteiger charge is -2.56. The van der Waals surface area contributed by atoms with E-state index in [2.05, 4.69) is 36.4 Å². The van der Waals surface area contributed by atoms with E-state index in [0.717, 1.165) is 56.9 Å². The van der Waals surface area contributed by atoms with Gasteiger partial charge >= 0.3 is 6.03 Å². The van der Waals surface area contributed by atoms with Crippen molar-refractivity contribution in [3.8, 4) is 0 Å². The van der Waals surface area contributed by atoms with Crippen molar-refractivity contribution in [2.45, 2.75) is 141 Å². The summed E-state index contributed by atoms with van der Waals surface area (Å²) in [6, 6.07) is 7.74. The molecule has 4 bridgehead atoms. The van der Waals surface area contributed by atoms with E-state index in [0.29, 0.717) is 37.3 Å². The summed E-state index contributed by atoms with van der Waals surface area (Å²) >= 11 is 0. The number of Topliss-reactive ketones (excluding diaryl/α,β-unsaturated/α-hetero) is 3. The average Bonchev–Trinajstić information content (AvgIpc) is 3.46. The zero-order valence-electron chi connectivity index (χ0n) is 33.0. The molecule has 1 saturated heterocycles. The average molecular weight is 755 g/mol. The van der Waals surface area contributed by atoms with E-state index in [1.54, 1.807) is 11.0 Å². The number of allylic oxidation sites excluding steroid dienone is 1. The first-order valence-corrected chi connectivity index (χ1v) is 21.3. The largest absolute Gasteiger partial charge is 0.352 e. The van der Waals surface area contributed by atoms with Crippen LogP contribution < -0.4 is 16.0 Å². The highest BCUT2D eigenvalue weighted by Crippen LogP contribution is 2.65. The maximum absolute atomic E-state index is 14.8. The van der Waals surface area contributed by atoms with E-state index in [1.165, 1.54) is 19.3 Å². The molecule has 1 aromatic rings. The van der Waals surface area contributed by atoms with Crippen molar-refractivity contribution < 1.29 is 28.8 Å². The Morgan fingerprint density at radius 2 is 1.56 bits per heavy atom. The van der Waals surface area contributed by atoms with Crippen LogP contribution in [0.1, 0.15) is 122 Å². The summed E-state index contributed by atoms with van der Waals surface area (Å²) in [6.45, 7) is 8.83. The molecule has 0 aromatic heterocycles. The van der Waals surface area contributed by atoms with Crippen molar-refractivity contribution in [3.05, 3.63) is 48.6 Å². The molecule has 8 rings (SSSR count). The van der Waals surface area contributed by atoms with Gasteiger partial charge in [0, 0.05) is 43.8 Å².